The number of nitrogens with one attached hydrogen (secondary N) is 1. The molecule has 0 aliphatic carbocycles. The zero-order valence-electron chi connectivity index (χ0n) is 12.7. The van der Waals surface area contributed by atoms with Gasteiger partial charge >= 0.3 is 0 Å². The molecule has 0 bridgehead atoms. The molecule has 2 rings (SSSR count). The van der Waals surface area contributed by atoms with Gasteiger partial charge in [-0.05, 0) is 25.5 Å². The number of sulfonamides is 1. The van der Waals surface area contributed by atoms with Crippen LogP contribution < -0.4 is 4.72 Å². The summed E-state index contributed by atoms with van der Waals surface area (Å²) in [4.78, 5) is 0. The van der Waals surface area contributed by atoms with Crippen LogP contribution in [0, 0.1) is 0 Å². The normalized spacial score (nSPS) is 12.3. The van der Waals surface area contributed by atoms with Gasteiger partial charge in [0.05, 0.1) is 0 Å². The third-order valence-electron chi connectivity index (χ3n) is 3.09. The summed E-state index contributed by atoms with van der Waals surface area (Å²) in [5, 5.41) is 9.04. The van der Waals surface area contributed by atoms with E-state index in [-0.39, 0.29) is 12.6 Å². The zero-order chi connectivity index (χ0) is 16.0. The molecule has 6 nitrogen and oxygen atoms in total. The van der Waals surface area contributed by atoms with Crippen molar-refractivity contribution in [1.29, 1.82) is 0 Å². The van der Waals surface area contributed by atoms with Crippen molar-refractivity contribution in [1.82, 2.24) is 19.5 Å². The van der Waals surface area contributed by atoms with E-state index in [2.05, 4.69) is 14.9 Å². The van der Waals surface area contributed by atoms with Gasteiger partial charge in [0.1, 0.15) is 12.2 Å². The molecule has 0 unspecified atom stereocenters. The Morgan fingerprint density at radius 3 is 2.68 bits per heavy atom. The molecule has 1 aromatic carbocycles. The van der Waals surface area contributed by atoms with Crippen molar-refractivity contribution in [3.63, 3.8) is 0 Å². The number of nitrogens with zero attached hydrogens (tertiary/aromatic N) is 3. The first-order chi connectivity index (χ1) is 10.5. The first kappa shape index (κ1) is 16.4. The van der Waals surface area contributed by atoms with E-state index in [9.17, 15) is 8.42 Å². The highest BCUT2D eigenvalue weighted by Gasteiger charge is 2.09. The fourth-order valence-electron chi connectivity index (χ4n) is 1.96. The number of aromatic nitrogens is 3. The van der Waals surface area contributed by atoms with Crippen LogP contribution in [0.25, 0.3) is 6.08 Å². The molecule has 7 heteroatoms. The first-order valence-corrected chi connectivity index (χ1v) is 8.64. The molecule has 118 valence electrons. The van der Waals surface area contributed by atoms with Crippen molar-refractivity contribution in [3.8, 4) is 0 Å². The zero-order valence-corrected chi connectivity index (χ0v) is 13.5. The third-order valence-corrected chi connectivity index (χ3v) is 4.20. The second kappa shape index (κ2) is 7.33. The smallest absolute Gasteiger partial charge is 0.233 e. The van der Waals surface area contributed by atoms with Gasteiger partial charge in [-0.1, -0.05) is 30.3 Å². The lowest BCUT2D eigenvalue weighted by atomic mass is 10.2. The Labute approximate surface area is 130 Å². The van der Waals surface area contributed by atoms with Gasteiger partial charge in [0.15, 0.2) is 0 Å². The monoisotopic (exact) mass is 320 g/mol. The summed E-state index contributed by atoms with van der Waals surface area (Å²) in [5.41, 5.74) is 0.840. The number of rotatable bonds is 7. The van der Waals surface area contributed by atoms with Gasteiger partial charge in [-0.3, -0.25) is 0 Å². The van der Waals surface area contributed by atoms with Crippen LogP contribution in [0.4, 0.5) is 0 Å². The molecule has 0 radical (unpaired) electrons. The number of hydrogen-bond acceptors (Lipinski definition) is 4. The van der Waals surface area contributed by atoms with Crippen molar-refractivity contribution in [2.75, 3.05) is 6.54 Å². The van der Waals surface area contributed by atoms with Crippen LogP contribution in [0.1, 0.15) is 31.3 Å². The maximum Gasteiger partial charge on any atom is 0.233 e. The van der Waals surface area contributed by atoms with Crippen LogP contribution in [0.5, 0.6) is 0 Å². The highest BCUT2D eigenvalue weighted by atomic mass is 32.2. The van der Waals surface area contributed by atoms with Crippen LogP contribution in [-0.2, 0) is 16.4 Å². The summed E-state index contributed by atoms with van der Waals surface area (Å²) in [6.07, 6.45) is 3.72. The lowest BCUT2D eigenvalue weighted by molar-refractivity contribution is 0.560. The first-order valence-electron chi connectivity index (χ1n) is 7.09. The van der Waals surface area contributed by atoms with Gasteiger partial charge < -0.3 is 4.57 Å². The van der Waals surface area contributed by atoms with Crippen molar-refractivity contribution in [3.05, 3.63) is 53.5 Å². The maximum atomic E-state index is 11.9. The fraction of sp³-hybridized carbons (Fsp3) is 0.333. The van der Waals surface area contributed by atoms with E-state index in [1.165, 1.54) is 5.41 Å². The second-order valence-electron chi connectivity index (χ2n) is 5.15. The van der Waals surface area contributed by atoms with E-state index >= 15 is 0 Å². The highest BCUT2D eigenvalue weighted by Crippen LogP contribution is 2.07. The van der Waals surface area contributed by atoms with Crippen LogP contribution >= 0.6 is 0 Å². The minimum absolute atomic E-state index is 0.250. The Hall–Kier alpha value is -1.99. The van der Waals surface area contributed by atoms with Gasteiger partial charge in [0.2, 0.25) is 10.0 Å². The summed E-state index contributed by atoms with van der Waals surface area (Å²) in [7, 11) is -3.45. The predicted molar refractivity (Wildman–Crippen MR) is 86.5 cm³/mol. The lowest BCUT2D eigenvalue weighted by Crippen LogP contribution is -2.24. The molecule has 0 atom stereocenters. The Bertz CT molecular complexity index is 721. The molecule has 1 aromatic heterocycles. The van der Waals surface area contributed by atoms with Crippen LogP contribution in [0.3, 0.4) is 0 Å². The molecule has 1 heterocycles. The standard InChI is InChI=1S/C15H20N4O2S/c1-13(2)19-12-16-18-15(19)8-10-17-22(20,21)11-9-14-6-4-3-5-7-14/h3-7,9,11-13,17H,8,10H2,1-2H3/b11-9+. The molecule has 2 aromatic rings. The molecule has 22 heavy (non-hydrogen) atoms. The molecule has 0 amide bonds. The van der Waals surface area contributed by atoms with Gasteiger partial charge in [0.25, 0.3) is 0 Å². The third kappa shape index (κ3) is 4.78. The van der Waals surface area contributed by atoms with Gasteiger partial charge in [-0.2, -0.15) is 0 Å². The Kier molecular flexibility index (Phi) is 5.46. The van der Waals surface area contributed by atoms with E-state index < -0.39 is 10.0 Å². The Morgan fingerprint density at radius 1 is 1.27 bits per heavy atom. The Balaban J connectivity index is 1.90. The molecule has 0 spiro atoms. The van der Waals surface area contributed by atoms with Crippen molar-refractivity contribution >= 4 is 16.1 Å². The minimum atomic E-state index is -3.45. The predicted octanol–water partition coefficient (Wildman–Crippen LogP) is 1.99. The highest BCUT2D eigenvalue weighted by molar-refractivity contribution is 7.92. The summed E-state index contributed by atoms with van der Waals surface area (Å²) >= 11 is 0. The van der Waals surface area contributed by atoms with E-state index in [1.807, 2.05) is 48.7 Å². The minimum Gasteiger partial charge on any atom is -0.315 e. The molecule has 1 N–H and O–H groups in total. The molecule has 0 aliphatic rings. The van der Waals surface area contributed by atoms with Crippen molar-refractivity contribution < 1.29 is 8.42 Å². The number of benzene rings is 1. The van der Waals surface area contributed by atoms with Crippen molar-refractivity contribution in [2.24, 2.45) is 0 Å². The SMILES string of the molecule is CC(C)n1cnnc1CCNS(=O)(=O)/C=C/c1ccccc1. The topological polar surface area (TPSA) is 76.9 Å². The van der Waals surface area contributed by atoms with E-state index in [4.69, 9.17) is 0 Å². The van der Waals surface area contributed by atoms with E-state index in [1.54, 1.807) is 12.4 Å². The Morgan fingerprint density at radius 2 is 2.00 bits per heavy atom. The molecular formula is C15H20N4O2S. The number of hydrogen-bond donors (Lipinski definition) is 1. The van der Waals surface area contributed by atoms with Crippen LogP contribution in [-0.4, -0.2) is 29.7 Å². The summed E-state index contributed by atoms with van der Waals surface area (Å²) < 4.78 is 28.3. The average Bonchev–Trinajstić information content (AvgIpc) is 2.95. The fourth-order valence-corrected chi connectivity index (χ4v) is 2.78. The molecular weight excluding hydrogens is 300 g/mol. The molecule has 0 saturated carbocycles. The van der Waals surface area contributed by atoms with Gasteiger partial charge in [-0.25, -0.2) is 13.1 Å². The van der Waals surface area contributed by atoms with Crippen molar-refractivity contribution in [2.45, 2.75) is 26.3 Å². The van der Waals surface area contributed by atoms with E-state index in [0.29, 0.717) is 6.42 Å². The second-order valence-corrected chi connectivity index (χ2v) is 6.80. The van der Waals surface area contributed by atoms with Crippen LogP contribution in [0.15, 0.2) is 42.1 Å². The quantitative estimate of drug-likeness (QED) is 0.846. The summed E-state index contributed by atoms with van der Waals surface area (Å²) in [5.74, 6) is 0.768. The average molecular weight is 320 g/mol. The van der Waals surface area contributed by atoms with Gasteiger partial charge in [0, 0.05) is 24.4 Å². The van der Waals surface area contributed by atoms with E-state index in [0.717, 1.165) is 11.4 Å². The maximum absolute atomic E-state index is 11.9. The molecule has 0 fully saturated rings. The van der Waals surface area contributed by atoms with Gasteiger partial charge in [-0.15, -0.1) is 10.2 Å². The summed E-state index contributed by atoms with van der Waals surface area (Å²) in [6, 6.07) is 9.54. The summed E-state index contributed by atoms with van der Waals surface area (Å²) in [6.45, 7) is 4.34. The lowest BCUT2D eigenvalue weighted by Gasteiger charge is -2.09. The molecule has 0 saturated heterocycles. The van der Waals surface area contributed by atoms with Crippen LogP contribution in [0.2, 0.25) is 0 Å². The molecule has 0 aliphatic heterocycles. The largest absolute Gasteiger partial charge is 0.315 e.